The first kappa shape index (κ1) is 18.5. The van der Waals surface area contributed by atoms with Crippen molar-refractivity contribution in [2.45, 2.75) is 11.4 Å². The third-order valence-corrected chi connectivity index (χ3v) is 5.08. The summed E-state index contributed by atoms with van der Waals surface area (Å²) in [5, 5.41) is 19.6. The predicted molar refractivity (Wildman–Crippen MR) is 84.7 cm³/mol. The first-order chi connectivity index (χ1) is 11.7. The van der Waals surface area contributed by atoms with Crippen LogP contribution in [-0.4, -0.2) is 35.3 Å². The molecule has 8 nitrogen and oxygen atoms in total. The second kappa shape index (κ2) is 7.36. The van der Waals surface area contributed by atoms with Crippen LogP contribution in [0.2, 0.25) is 0 Å². The molecule has 0 saturated carbocycles. The van der Waals surface area contributed by atoms with Gasteiger partial charge >= 0.3 is 5.97 Å². The smallest absolute Gasteiger partial charge is 0.318 e. The SMILES string of the molecule is O=C(O)CN(Cc1ccc([N+](=O)[O-])cc1)S(=O)(=O)c1ccc(F)cc1. The number of halogens is 1. The van der Waals surface area contributed by atoms with Gasteiger partial charge in [0.2, 0.25) is 10.0 Å². The Balaban J connectivity index is 2.33. The van der Waals surface area contributed by atoms with E-state index in [0.29, 0.717) is 9.87 Å². The van der Waals surface area contributed by atoms with E-state index in [1.165, 1.54) is 24.3 Å². The van der Waals surface area contributed by atoms with Crippen molar-refractivity contribution in [3.05, 3.63) is 70.0 Å². The Labute approximate surface area is 142 Å². The fourth-order valence-electron chi connectivity index (χ4n) is 2.06. The quantitative estimate of drug-likeness (QED) is 0.590. The molecule has 0 amide bonds. The maximum Gasteiger partial charge on any atom is 0.318 e. The molecule has 2 aromatic rings. The minimum absolute atomic E-state index is 0.171. The van der Waals surface area contributed by atoms with Crippen LogP contribution in [0.5, 0.6) is 0 Å². The van der Waals surface area contributed by atoms with Crippen LogP contribution in [0, 0.1) is 15.9 Å². The highest BCUT2D eigenvalue weighted by atomic mass is 32.2. The van der Waals surface area contributed by atoms with Crippen molar-refractivity contribution in [2.75, 3.05) is 6.54 Å². The van der Waals surface area contributed by atoms with E-state index in [4.69, 9.17) is 5.11 Å². The number of non-ortho nitro benzene ring substituents is 1. The van der Waals surface area contributed by atoms with Gasteiger partial charge in [0.1, 0.15) is 12.4 Å². The van der Waals surface area contributed by atoms with Crippen LogP contribution in [0.3, 0.4) is 0 Å². The summed E-state index contributed by atoms with van der Waals surface area (Å²) in [4.78, 5) is 20.8. The van der Waals surface area contributed by atoms with E-state index < -0.39 is 33.3 Å². The zero-order valence-corrected chi connectivity index (χ0v) is 13.5. The molecule has 0 unspecified atom stereocenters. The summed E-state index contributed by atoms with van der Waals surface area (Å²) in [6.45, 7) is -1.11. The van der Waals surface area contributed by atoms with E-state index in [1.54, 1.807) is 0 Å². The molecule has 0 heterocycles. The first-order valence-electron chi connectivity index (χ1n) is 6.91. The number of carbonyl (C=O) groups is 1. The number of carboxylic acid groups (broad SMARTS) is 1. The van der Waals surface area contributed by atoms with Crippen molar-refractivity contribution in [1.29, 1.82) is 0 Å². The van der Waals surface area contributed by atoms with E-state index in [2.05, 4.69) is 0 Å². The molecule has 0 bridgehead atoms. The van der Waals surface area contributed by atoms with Gasteiger partial charge in [-0.2, -0.15) is 4.31 Å². The monoisotopic (exact) mass is 368 g/mol. The van der Waals surface area contributed by atoms with Gasteiger partial charge in [0, 0.05) is 18.7 Å². The summed E-state index contributed by atoms with van der Waals surface area (Å²) in [7, 11) is -4.19. The number of hydrogen-bond acceptors (Lipinski definition) is 5. The lowest BCUT2D eigenvalue weighted by molar-refractivity contribution is -0.384. The highest BCUT2D eigenvalue weighted by molar-refractivity contribution is 7.89. The summed E-state index contributed by atoms with van der Waals surface area (Å²) < 4.78 is 38.9. The lowest BCUT2D eigenvalue weighted by Gasteiger charge is -2.20. The number of nitro groups is 1. The van der Waals surface area contributed by atoms with Crippen LogP contribution in [0.25, 0.3) is 0 Å². The predicted octanol–water partition coefficient (Wildman–Crippen LogP) is 2.01. The molecule has 0 aliphatic rings. The molecule has 0 radical (unpaired) electrons. The van der Waals surface area contributed by atoms with Crippen LogP contribution in [0.15, 0.2) is 53.4 Å². The lowest BCUT2D eigenvalue weighted by atomic mass is 10.2. The van der Waals surface area contributed by atoms with Crippen molar-refractivity contribution in [2.24, 2.45) is 0 Å². The topological polar surface area (TPSA) is 118 Å². The summed E-state index contributed by atoms with van der Waals surface area (Å²) >= 11 is 0. The Kier molecular flexibility index (Phi) is 5.45. The Hall–Kier alpha value is -2.85. The molecule has 2 rings (SSSR count). The molecule has 0 spiro atoms. The Morgan fingerprint density at radius 3 is 2.16 bits per heavy atom. The van der Waals surface area contributed by atoms with Gasteiger partial charge in [0.25, 0.3) is 5.69 Å². The normalized spacial score (nSPS) is 11.4. The summed E-state index contributed by atoms with van der Waals surface area (Å²) in [5.41, 5.74) is 0.201. The molecule has 0 aliphatic carbocycles. The second-order valence-electron chi connectivity index (χ2n) is 5.04. The number of sulfonamides is 1. The zero-order valence-electron chi connectivity index (χ0n) is 12.7. The third-order valence-electron chi connectivity index (χ3n) is 3.27. The standard InChI is InChI=1S/C15H13FN2O6S/c16-12-3-7-14(8-4-12)25(23,24)17(10-15(19)20)9-11-1-5-13(6-2-11)18(21)22/h1-8H,9-10H2,(H,19,20). The van der Waals surface area contributed by atoms with Crippen LogP contribution in [-0.2, 0) is 21.4 Å². The maximum atomic E-state index is 13.0. The molecule has 0 fully saturated rings. The lowest BCUT2D eigenvalue weighted by Crippen LogP contribution is -2.35. The molecule has 10 heteroatoms. The van der Waals surface area contributed by atoms with Crippen molar-refractivity contribution >= 4 is 21.7 Å². The van der Waals surface area contributed by atoms with E-state index >= 15 is 0 Å². The summed E-state index contributed by atoms with van der Waals surface area (Å²) in [6, 6.07) is 9.05. The van der Waals surface area contributed by atoms with Crippen LogP contribution in [0.1, 0.15) is 5.56 Å². The van der Waals surface area contributed by atoms with Crippen LogP contribution < -0.4 is 0 Å². The van der Waals surface area contributed by atoms with Gasteiger partial charge in [-0.05, 0) is 29.8 Å². The second-order valence-corrected chi connectivity index (χ2v) is 6.98. The Morgan fingerprint density at radius 1 is 1.12 bits per heavy atom. The van der Waals surface area contributed by atoms with Gasteiger partial charge in [0.15, 0.2) is 0 Å². The number of hydrogen-bond donors (Lipinski definition) is 1. The van der Waals surface area contributed by atoms with Crippen molar-refractivity contribution in [1.82, 2.24) is 4.31 Å². The highest BCUT2D eigenvalue weighted by Crippen LogP contribution is 2.20. The largest absolute Gasteiger partial charge is 0.480 e. The zero-order chi connectivity index (χ0) is 18.6. The number of benzene rings is 2. The van der Waals surface area contributed by atoms with E-state index in [-0.39, 0.29) is 17.1 Å². The summed E-state index contributed by atoms with van der Waals surface area (Å²) in [5.74, 6) is -1.99. The first-order valence-corrected chi connectivity index (χ1v) is 8.35. The maximum absolute atomic E-state index is 13.0. The van der Waals surface area contributed by atoms with Crippen molar-refractivity contribution in [3.8, 4) is 0 Å². The minimum Gasteiger partial charge on any atom is -0.480 e. The minimum atomic E-state index is -4.19. The fourth-order valence-corrected chi connectivity index (χ4v) is 3.44. The number of aliphatic carboxylic acids is 1. The molecule has 0 saturated heterocycles. The van der Waals surface area contributed by atoms with Gasteiger partial charge in [0.05, 0.1) is 9.82 Å². The van der Waals surface area contributed by atoms with Gasteiger partial charge in [-0.3, -0.25) is 14.9 Å². The number of nitrogens with zero attached hydrogens (tertiary/aromatic N) is 2. The number of carboxylic acids is 1. The highest BCUT2D eigenvalue weighted by Gasteiger charge is 2.27. The Morgan fingerprint density at radius 2 is 1.68 bits per heavy atom. The molecule has 25 heavy (non-hydrogen) atoms. The van der Waals surface area contributed by atoms with Crippen molar-refractivity contribution in [3.63, 3.8) is 0 Å². The van der Waals surface area contributed by atoms with Gasteiger partial charge in [-0.15, -0.1) is 0 Å². The fraction of sp³-hybridized carbons (Fsp3) is 0.133. The van der Waals surface area contributed by atoms with Gasteiger partial charge in [-0.1, -0.05) is 12.1 Å². The number of nitro benzene ring substituents is 1. The Bertz CT molecular complexity index is 881. The average molecular weight is 368 g/mol. The van der Waals surface area contributed by atoms with Gasteiger partial charge < -0.3 is 5.11 Å². The molecule has 0 aromatic heterocycles. The molecule has 0 aliphatic heterocycles. The molecule has 2 aromatic carbocycles. The molecular formula is C15H13FN2O6S. The van der Waals surface area contributed by atoms with Crippen LogP contribution in [0.4, 0.5) is 10.1 Å². The van der Waals surface area contributed by atoms with E-state index in [9.17, 15) is 27.7 Å². The summed E-state index contributed by atoms with van der Waals surface area (Å²) in [6.07, 6.45) is 0. The molecule has 1 N–H and O–H groups in total. The third kappa shape index (κ3) is 4.58. The van der Waals surface area contributed by atoms with Crippen LogP contribution >= 0.6 is 0 Å². The number of rotatable bonds is 7. The molecule has 132 valence electrons. The molecule has 0 atom stereocenters. The average Bonchev–Trinajstić information content (AvgIpc) is 2.54. The molecular weight excluding hydrogens is 355 g/mol. The van der Waals surface area contributed by atoms with E-state index in [0.717, 1.165) is 24.3 Å². The van der Waals surface area contributed by atoms with E-state index in [1.807, 2.05) is 0 Å². The van der Waals surface area contributed by atoms with Gasteiger partial charge in [-0.25, -0.2) is 12.8 Å². The van der Waals surface area contributed by atoms with Crippen molar-refractivity contribution < 1.29 is 27.6 Å².